The van der Waals surface area contributed by atoms with E-state index in [1.165, 1.54) is 12.8 Å². The fourth-order valence-corrected chi connectivity index (χ4v) is 2.74. The Labute approximate surface area is 129 Å². The number of rotatable bonds is 0. The van der Waals surface area contributed by atoms with Gasteiger partial charge in [0.2, 0.25) is 0 Å². The van der Waals surface area contributed by atoms with Gasteiger partial charge >= 0.3 is 53.8 Å². The first kappa shape index (κ1) is 15.8. The molecule has 2 rings (SSSR count). The molecule has 0 aromatic rings. The first-order valence-electron chi connectivity index (χ1n) is 4.86. The summed E-state index contributed by atoms with van der Waals surface area (Å²) >= 11 is 0. The molecule has 4 unspecified atom stereocenters. The van der Waals surface area contributed by atoms with Crippen LogP contribution in [0.25, 0.3) is 0 Å². The third-order valence-electron chi connectivity index (χ3n) is 3.57. The van der Waals surface area contributed by atoms with Gasteiger partial charge in [-0.1, -0.05) is 0 Å². The molecule has 2 heteroatoms. The SMILES string of the molecule is [CH2-]C1[CH-]C([CH2-])C2C[CH-]CC1C2[CH2-].[W+2].[Y+3]. The van der Waals surface area contributed by atoms with Crippen LogP contribution in [-0.2, 0) is 53.8 Å². The molecule has 2 bridgehead atoms. The average molecular weight is 434 g/mol. The third-order valence-corrected chi connectivity index (χ3v) is 3.57. The molecule has 2 aliphatic carbocycles. The molecule has 0 saturated heterocycles. The minimum absolute atomic E-state index is 0. The second-order valence-corrected chi connectivity index (χ2v) is 4.27. The van der Waals surface area contributed by atoms with E-state index in [9.17, 15) is 0 Å². The first-order chi connectivity index (χ1) is 5.70. The molecular formula is C12H17WY. The average Bonchev–Trinajstić information content (AvgIpc) is 2.01. The molecule has 4 atom stereocenters. The van der Waals surface area contributed by atoms with E-state index in [-0.39, 0.29) is 53.8 Å². The van der Waals surface area contributed by atoms with Crippen LogP contribution in [-0.4, -0.2) is 0 Å². The van der Waals surface area contributed by atoms with Gasteiger partial charge in [0, 0.05) is 0 Å². The molecule has 0 nitrogen and oxygen atoms in total. The van der Waals surface area contributed by atoms with E-state index in [0.29, 0.717) is 29.6 Å². The summed E-state index contributed by atoms with van der Waals surface area (Å²) in [7, 11) is 0. The normalized spacial score (nSPS) is 46.1. The van der Waals surface area contributed by atoms with E-state index in [1.54, 1.807) is 0 Å². The van der Waals surface area contributed by atoms with Crippen LogP contribution >= 0.6 is 0 Å². The molecule has 14 heavy (non-hydrogen) atoms. The quantitative estimate of drug-likeness (QED) is 0.515. The van der Waals surface area contributed by atoms with Crippen molar-refractivity contribution in [2.45, 2.75) is 12.8 Å². The summed E-state index contributed by atoms with van der Waals surface area (Å²) in [5.74, 6) is 2.93. The van der Waals surface area contributed by atoms with E-state index in [4.69, 9.17) is 0 Å². The Hall–Kier alpha value is 1.79. The van der Waals surface area contributed by atoms with Crippen LogP contribution in [0, 0.1) is 63.2 Å². The van der Waals surface area contributed by atoms with E-state index < -0.39 is 0 Å². The maximum atomic E-state index is 4.26. The van der Waals surface area contributed by atoms with Gasteiger partial charge < -0.3 is 45.4 Å². The number of hydrogen-bond acceptors (Lipinski definition) is 0. The first-order valence-corrected chi connectivity index (χ1v) is 4.86. The minimum atomic E-state index is 0. The summed E-state index contributed by atoms with van der Waals surface area (Å²) in [5.41, 5.74) is 0. The molecule has 2 saturated carbocycles. The summed E-state index contributed by atoms with van der Waals surface area (Å²) in [5, 5.41) is 0. The molecule has 0 heterocycles. The van der Waals surface area contributed by atoms with Gasteiger partial charge in [0.1, 0.15) is 0 Å². The zero-order valence-electron chi connectivity index (χ0n) is 8.56. The Balaban J connectivity index is 0.000000845. The number of hydrogen-bond donors (Lipinski definition) is 0. The second kappa shape index (κ2) is 6.51. The van der Waals surface area contributed by atoms with Crippen molar-refractivity contribution >= 4 is 0 Å². The molecule has 0 aromatic heterocycles. The minimum Gasteiger partial charge on any atom is -0.381 e. The standard InChI is InChI=1S/C12H17.W.Y/c1-8-7-9(2)12-6-4-5-11(8)10(12)3;;/h4,7-12H,1-3,5-6H2;;/q-5;+2;+3. The van der Waals surface area contributed by atoms with Crippen LogP contribution < -0.4 is 0 Å². The van der Waals surface area contributed by atoms with Crippen molar-refractivity contribution in [3.63, 3.8) is 0 Å². The van der Waals surface area contributed by atoms with Gasteiger partial charge in [0.25, 0.3) is 0 Å². The smallest absolute Gasteiger partial charge is 0.381 e. The zero-order valence-corrected chi connectivity index (χ0v) is 14.3. The van der Waals surface area contributed by atoms with Gasteiger partial charge in [-0.15, -0.1) is 11.8 Å². The molecule has 74 valence electrons. The van der Waals surface area contributed by atoms with Crippen molar-refractivity contribution in [1.29, 1.82) is 0 Å². The van der Waals surface area contributed by atoms with Crippen LogP contribution in [0.15, 0.2) is 0 Å². The Morgan fingerprint density at radius 3 is 1.79 bits per heavy atom. The predicted octanol–water partition coefficient (Wildman–Crippen LogP) is 2.78. The van der Waals surface area contributed by atoms with Crippen molar-refractivity contribution in [2.24, 2.45) is 29.6 Å². The van der Waals surface area contributed by atoms with E-state index in [1.807, 2.05) is 0 Å². The fourth-order valence-electron chi connectivity index (χ4n) is 2.74. The third kappa shape index (κ3) is 2.92. The van der Waals surface area contributed by atoms with Crippen molar-refractivity contribution in [2.75, 3.05) is 0 Å². The van der Waals surface area contributed by atoms with Crippen LogP contribution in [0.3, 0.4) is 0 Å². The topological polar surface area (TPSA) is 0 Å². The van der Waals surface area contributed by atoms with Crippen LogP contribution in [0.5, 0.6) is 0 Å². The van der Waals surface area contributed by atoms with Crippen molar-refractivity contribution in [3.8, 4) is 0 Å². The summed E-state index contributed by atoms with van der Waals surface area (Å²) in [4.78, 5) is 0. The van der Waals surface area contributed by atoms with Crippen LogP contribution in [0.2, 0.25) is 0 Å². The van der Waals surface area contributed by atoms with E-state index >= 15 is 0 Å². The maximum Gasteiger partial charge on any atom is 3.00 e. The Bertz CT molecular complexity index is 156. The Morgan fingerprint density at radius 1 is 0.929 bits per heavy atom. The van der Waals surface area contributed by atoms with Crippen molar-refractivity contribution in [1.82, 2.24) is 0 Å². The monoisotopic (exact) mass is 434 g/mol. The molecule has 0 aliphatic heterocycles. The summed E-state index contributed by atoms with van der Waals surface area (Å²) in [6.45, 7) is 12.6. The summed E-state index contributed by atoms with van der Waals surface area (Å²) < 4.78 is 0. The largest absolute Gasteiger partial charge is 3.00 e. The molecule has 0 aromatic carbocycles. The molecular weight excluding hydrogens is 417 g/mol. The number of fused-ring (bicyclic) bond motifs is 2. The Kier molecular flexibility index (Phi) is 7.34. The molecule has 0 spiro atoms. The van der Waals surface area contributed by atoms with Gasteiger partial charge in [0.05, 0.1) is 0 Å². The summed E-state index contributed by atoms with van der Waals surface area (Å²) in [6, 6.07) is 0. The fraction of sp³-hybridized carbons (Fsp3) is 0.583. The predicted molar refractivity (Wildman–Crippen MR) is 51.4 cm³/mol. The van der Waals surface area contributed by atoms with Gasteiger partial charge in [-0.3, -0.25) is 0 Å². The van der Waals surface area contributed by atoms with E-state index in [0.717, 1.165) is 0 Å². The molecule has 0 N–H and O–H groups in total. The van der Waals surface area contributed by atoms with Gasteiger partial charge in [0.15, 0.2) is 0 Å². The van der Waals surface area contributed by atoms with Gasteiger partial charge in [-0.2, -0.15) is 18.8 Å². The Morgan fingerprint density at radius 2 is 1.36 bits per heavy atom. The second-order valence-electron chi connectivity index (χ2n) is 4.27. The summed E-state index contributed by atoms with van der Waals surface area (Å²) in [6.07, 6.45) is 7.15. The molecule has 2 fully saturated rings. The van der Waals surface area contributed by atoms with Gasteiger partial charge in [-0.25, -0.2) is 0 Å². The van der Waals surface area contributed by atoms with E-state index in [2.05, 4.69) is 33.6 Å². The van der Waals surface area contributed by atoms with Crippen molar-refractivity contribution in [3.05, 3.63) is 33.6 Å². The van der Waals surface area contributed by atoms with Crippen molar-refractivity contribution < 1.29 is 53.8 Å². The van der Waals surface area contributed by atoms with Gasteiger partial charge in [-0.05, 0) is 0 Å². The van der Waals surface area contributed by atoms with Crippen LogP contribution in [0.1, 0.15) is 12.8 Å². The molecule has 0 amide bonds. The molecule has 2 aliphatic rings. The molecule has 0 radical (unpaired) electrons. The maximum absolute atomic E-state index is 4.26. The van der Waals surface area contributed by atoms with Crippen LogP contribution in [0.4, 0.5) is 0 Å². The zero-order chi connectivity index (χ0) is 8.72.